The molecule has 0 radical (unpaired) electrons. The summed E-state index contributed by atoms with van der Waals surface area (Å²) < 4.78 is 17.5. The zero-order valence-electron chi connectivity index (χ0n) is 21.8. The van der Waals surface area contributed by atoms with Crippen molar-refractivity contribution in [2.75, 3.05) is 5.32 Å². The van der Waals surface area contributed by atoms with Gasteiger partial charge in [-0.2, -0.15) is 0 Å². The summed E-state index contributed by atoms with van der Waals surface area (Å²) in [5, 5.41) is 2.74. The highest BCUT2D eigenvalue weighted by atomic mass is 32.2. The molecule has 0 bridgehead atoms. The van der Waals surface area contributed by atoms with E-state index in [-0.39, 0.29) is 12.0 Å². The first-order valence-corrected chi connectivity index (χ1v) is 13.1. The van der Waals surface area contributed by atoms with Gasteiger partial charge in [0, 0.05) is 29.3 Å². The van der Waals surface area contributed by atoms with Crippen molar-refractivity contribution in [3.63, 3.8) is 0 Å². The predicted molar refractivity (Wildman–Crippen MR) is 153 cm³/mol. The molecular formula is C31H30N2O4S. The molecule has 38 heavy (non-hydrogen) atoms. The minimum atomic E-state index is -0.103. The summed E-state index contributed by atoms with van der Waals surface area (Å²) in [6, 6.07) is 30.8. The second-order valence-corrected chi connectivity index (χ2v) is 9.89. The molecule has 7 heteroatoms. The summed E-state index contributed by atoms with van der Waals surface area (Å²) in [6.45, 7) is 7.29. The highest BCUT2D eigenvalue weighted by Gasteiger charge is 2.04. The zero-order chi connectivity index (χ0) is 26.9. The molecule has 0 aromatic heterocycles. The third-order valence-corrected chi connectivity index (χ3v) is 6.07. The van der Waals surface area contributed by atoms with Crippen LogP contribution in [-0.4, -0.2) is 17.9 Å². The molecule has 194 valence electrons. The van der Waals surface area contributed by atoms with E-state index in [1.54, 1.807) is 11.8 Å². The van der Waals surface area contributed by atoms with Crippen molar-refractivity contribution in [2.45, 2.75) is 43.6 Å². The predicted octanol–water partition coefficient (Wildman–Crippen LogP) is 8.86. The van der Waals surface area contributed by atoms with Crippen LogP contribution in [0.2, 0.25) is 0 Å². The molecule has 0 fully saturated rings. The number of aliphatic imine (C=N–C) groups is 1. The van der Waals surface area contributed by atoms with Gasteiger partial charge in [-0.15, -0.1) is 0 Å². The van der Waals surface area contributed by atoms with E-state index in [0.29, 0.717) is 11.6 Å². The maximum absolute atomic E-state index is 11.1. The maximum Gasteiger partial charge on any atom is 0.221 e. The number of ether oxygens (including phenoxy) is 3. The molecule has 1 N–H and O–H groups in total. The van der Waals surface area contributed by atoms with Crippen LogP contribution in [0.3, 0.4) is 0 Å². The highest BCUT2D eigenvalue weighted by molar-refractivity contribution is 7.99. The van der Waals surface area contributed by atoms with Crippen molar-refractivity contribution in [3.05, 3.63) is 97.1 Å². The zero-order valence-corrected chi connectivity index (χ0v) is 22.6. The number of rotatable bonds is 9. The summed E-state index contributed by atoms with van der Waals surface area (Å²) >= 11 is 1.66. The highest BCUT2D eigenvalue weighted by Crippen LogP contribution is 2.32. The molecule has 0 aliphatic rings. The van der Waals surface area contributed by atoms with E-state index >= 15 is 0 Å². The van der Waals surface area contributed by atoms with Crippen molar-refractivity contribution < 1.29 is 19.0 Å². The van der Waals surface area contributed by atoms with E-state index in [1.807, 2.05) is 118 Å². The summed E-state index contributed by atoms with van der Waals surface area (Å²) in [6.07, 6.45) is 0.100. The molecular weight excluding hydrogens is 496 g/mol. The van der Waals surface area contributed by atoms with Gasteiger partial charge < -0.3 is 19.5 Å². The molecule has 0 unspecified atom stereocenters. The lowest BCUT2D eigenvalue weighted by molar-refractivity contribution is -0.114. The van der Waals surface area contributed by atoms with Gasteiger partial charge in [-0.25, -0.2) is 4.99 Å². The fraction of sp³-hybridized carbons (Fsp3) is 0.161. The van der Waals surface area contributed by atoms with Gasteiger partial charge in [0.1, 0.15) is 23.0 Å². The first-order valence-electron chi connectivity index (χ1n) is 12.3. The van der Waals surface area contributed by atoms with E-state index in [4.69, 9.17) is 14.2 Å². The fourth-order valence-corrected chi connectivity index (χ4v) is 4.32. The standard InChI is InChI=1S/C31H30N2O4S/c1-21(2)35-23(4)33-25-7-11-27(12-8-25)37-29-15-19-31(20-16-29)38-30-17-13-28(14-18-30)36-26-9-5-24(6-10-26)32-22(3)34/h5-21H,1-4H3,(H,32,34). The van der Waals surface area contributed by atoms with Crippen molar-refractivity contribution >= 4 is 34.9 Å². The summed E-state index contributed by atoms with van der Waals surface area (Å²) in [5.74, 6) is 3.48. The third-order valence-electron chi connectivity index (χ3n) is 5.06. The SMILES string of the molecule is CC(=O)Nc1ccc(Oc2ccc(Sc3ccc(Oc4ccc(N=C(C)OC(C)C)cc4)cc3)cc2)cc1. The number of hydrogen-bond donors (Lipinski definition) is 1. The molecule has 0 saturated heterocycles. The lowest BCUT2D eigenvalue weighted by Crippen LogP contribution is -2.07. The Kier molecular flexibility index (Phi) is 9.06. The van der Waals surface area contributed by atoms with Crippen LogP contribution < -0.4 is 14.8 Å². The number of hydrogen-bond acceptors (Lipinski definition) is 6. The van der Waals surface area contributed by atoms with Crippen LogP contribution >= 0.6 is 11.8 Å². The van der Waals surface area contributed by atoms with Gasteiger partial charge in [0.05, 0.1) is 11.8 Å². The molecule has 1 amide bonds. The van der Waals surface area contributed by atoms with Crippen LogP contribution in [0.4, 0.5) is 11.4 Å². The van der Waals surface area contributed by atoms with Gasteiger partial charge >= 0.3 is 0 Å². The monoisotopic (exact) mass is 526 g/mol. The Balaban J connectivity index is 1.29. The molecule has 4 rings (SSSR count). The molecule has 0 atom stereocenters. The van der Waals surface area contributed by atoms with Gasteiger partial charge in [0.15, 0.2) is 5.90 Å². The van der Waals surface area contributed by atoms with Crippen LogP contribution in [0.5, 0.6) is 23.0 Å². The number of nitrogens with one attached hydrogen (secondary N) is 1. The van der Waals surface area contributed by atoms with E-state index in [2.05, 4.69) is 10.3 Å². The average Bonchev–Trinajstić information content (AvgIpc) is 2.88. The summed E-state index contributed by atoms with van der Waals surface area (Å²) in [7, 11) is 0. The Morgan fingerprint density at radius 3 is 1.53 bits per heavy atom. The van der Waals surface area contributed by atoms with Gasteiger partial charge in [-0.3, -0.25) is 4.79 Å². The Hall–Kier alpha value is -4.23. The summed E-state index contributed by atoms with van der Waals surface area (Å²) in [5.41, 5.74) is 1.55. The van der Waals surface area contributed by atoms with Crippen LogP contribution in [0, 0.1) is 0 Å². The second-order valence-electron chi connectivity index (χ2n) is 8.75. The number of nitrogens with zero attached hydrogens (tertiary/aromatic N) is 1. The molecule has 0 saturated carbocycles. The minimum Gasteiger partial charge on any atom is -0.478 e. The van der Waals surface area contributed by atoms with E-state index < -0.39 is 0 Å². The average molecular weight is 527 g/mol. The van der Waals surface area contributed by atoms with Crippen molar-refractivity contribution in [2.24, 2.45) is 4.99 Å². The Morgan fingerprint density at radius 2 is 1.11 bits per heavy atom. The van der Waals surface area contributed by atoms with Gasteiger partial charge in [-0.1, -0.05) is 11.8 Å². The molecule has 4 aromatic carbocycles. The molecule has 0 aliphatic carbocycles. The Labute approximate surface area is 227 Å². The lowest BCUT2D eigenvalue weighted by Gasteiger charge is -2.09. The number of anilines is 1. The van der Waals surface area contributed by atoms with Crippen LogP contribution in [0.15, 0.2) is 112 Å². The largest absolute Gasteiger partial charge is 0.478 e. The normalized spacial score (nSPS) is 11.2. The summed E-state index contributed by atoms with van der Waals surface area (Å²) in [4.78, 5) is 17.8. The third kappa shape index (κ3) is 8.42. The van der Waals surface area contributed by atoms with Gasteiger partial charge in [-0.05, 0) is 111 Å². The van der Waals surface area contributed by atoms with Crippen molar-refractivity contribution in [3.8, 4) is 23.0 Å². The molecule has 6 nitrogen and oxygen atoms in total. The Morgan fingerprint density at radius 1 is 0.684 bits per heavy atom. The minimum absolute atomic E-state index is 0.100. The topological polar surface area (TPSA) is 69.2 Å². The quantitative estimate of drug-likeness (QED) is 0.174. The molecule has 0 heterocycles. The maximum atomic E-state index is 11.1. The van der Waals surface area contributed by atoms with E-state index in [0.717, 1.165) is 38.4 Å². The molecule has 0 spiro atoms. The van der Waals surface area contributed by atoms with Gasteiger partial charge in [0.2, 0.25) is 5.91 Å². The van der Waals surface area contributed by atoms with E-state index in [1.165, 1.54) is 6.92 Å². The molecule has 0 aliphatic heterocycles. The van der Waals surface area contributed by atoms with Crippen LogP contribution in [0.25, 0.3) is 0 Å². The number of amides is 1. The van der Waals surface area contributed by atoms with Gasteiger partial charge in [0.25, 0.3) is 0 Å². The Bertz CT molecular complexity index is 1370. The first kappa shape index (κ1) is 26.8. The fourth-order valence-electron chi connectivity index (χ4n) is 3.51. The number of carbonyl (C=O) groups excluding carboxylic acids is 1. The second kappa shape index (κ2) is 12.8. The smallest absolute Gasteiger partial charge is 0.221 e. The van der Waals surface area contributed by atoms with Crippen molar-refractivity contribution in [1.29, 1.82) is 0 Å². The lowest BCUT2D eigenvalue weighted by atomic mass is 10.3. The number of carbonyl (C=O) groups is 1. The molecule has 4 aromatic rings. The van der Waals surface area contributed by atoms with E-state index in [9.17, 15) is 4.79 Å². The van der Waals surface area contributed by atoms with Crippen molar-refractivity contribution in [1.82, 2.24) is 0 Å². The first-order chi connectivity index (χ1) is 18.3. The van der Waals surface area contributed by atoms with Crippen LogP contribution in [-0.2, 0) is 9.53 Å². The number of benzene rings is 4. The van der Waals surface area contributed by atoms with Crippen LogP contribution in [0.1, 0.15) is 27.7 Å².